The van der Waals surface area contributed by atoms with E-state index in [2.05, 4.69) is 9.62 Å². The minimum atomic E-state index is -3.59. The normalized spacial score (nSPS) is 16.9. The molecule has 194 valence electrons. The number of benzene rings is 1. The van der Waals surface area contributed by atoms with Crippen molar-refractivity contribution < 1.29 is 13.2 Å². The molecule has 0 saturated carbocycles. The molecule has 1 saturated heterocycles. The van der Waals surface area contributed by atoms with Crippen molar-refractivity contribution >= 4 is 44.7 Å². The predicted octanol–water partition coefficient (Wildman–Crippen LogP) is 3.21. The highest BCUT2D eigenvalue weighted by Crippen LogP contribution is 2.29. The number of anilines is 2. The molecule has 1 amide bonds. The number of hydrogen-bond acceptors (Lipinski definition) is 7. The average molecular weight is 534 g/mol. The molecule has 3 aromatic rings. The summed E-state index contributed by atoms with van der Waals surface area (Å²) in [7, 11) is -3.59. The van der Waals surface area contributed by atoms with E-state index in [1.165, 1.54) is 12.1 Å². The Kier molecular flexibility index (Phi) is 7.44. The molecule has 10 nitrogen and oxygen atoms in total. The number of nitrogens with one attached hydrogen (secondary N) is 1. The molecule has 3 N–H and O–H groups in total. The summed E-state index contributed by atoms with van der Waals surface area (Å²) in [5, 5.41) is 5.05. The van der Waals surface area contributed by atoms with Crippen molar-refractivity contribution in [1.29, 1.82) is 0 Å². The zero-order valence-corrected chi connectivity index (χ0v) is 22.5. The Morgan fingerprint density at radius 3 is 2.75 bits per heavy atom. The van der Waals surface area contributed by atoms with Gasteiger partial charge in [-0.3, -0.25) is 9.52 Å². The number of rotatable bonds is 8. The Morgan fingerprint density at radius 2 is 2.11 bits per heavy atom. The van der Waals surface area contributed by atoms with Crippen molar-refractivity contribution in [2.45, 2.75) is 45.7 Å². The molecule has 36 heavy (non-hydrogen) atoms. The number of nitrogens with two attached hydrogens (primary N) is 1. The van der Waals surface area contributed by atoms with Gasteiger partial charge in [0.1, 0.15) is 5.82 Å². The first-order chi connectivity index (χ1) is 17.0. The van der Waals surface area contributed by atoms with Gasteiger partial charge in [0.05, 0.1) is 29.2 Å². The van der Waals surface area contributed by atoms with E-state index in [0.717, 1.165) is 37.1 Å². The second-order valence-electron chi connectivity index (χ2n) is 9.35. The van der Waals surface area contributed by atoms with Gasteiger partial charge in [-0.25, -0.2) is 17.9 Å². The van der Waals surface area contributed by atoms with Gasteiger partial charge in [0.25, 0.3) is 5.91 Å². The summed E-state index contributed by atoms with van der Waals surface area (Å²) in [6.45, 7) is 7.95. The monoisotopic (exact) mass is 533 g/mol. The van der Waals surface area contributed by atoms with Crippen LogP contribution in [-0.2, 0) is 10.0 Å². The number of carbonyl (C=O) groups is 1. The topological polar surface area (TPSA) is 126 Å². The molecule has 0 spiro atoms. The number of hydrogen-bond donors (Lipinski definition) is 2. The minimum Gasteiger partial charge on any atom is -0.355 e. The molecule has 0 radical (unpaired) electrons. The second-order valence-corrected chi connectivity index (χ2v) is 11.5. The number of aromatic nitrogens is 3. The molecule has 3 heterocycles. The van der Waals surface area contributed by atoms with Crippen LogP contribution >= 0.6 is 11.6 Å². The molecule has 2 aromatic heterocycles. The van der Waals surface area contributed by atoms with Crippen LogP contribution in [0.3, 0.4) is 0 Å². The van der Waals surface area contributed by atoms with Crippen LogP contribution in [0.5, 0.6) is 0 Å². The highest BCUT2D eigenvalue weighted by molar-refractivity contribution is 7.92. The maximum Gasteiger partial charge on any atom is 0.256 e. The Hall–Kier alpha value is -2.89. The summed E-state index contributed by atoms with van der Waals surface area (Å²) in [6, 6.07) is 6.15. The van der Waals surface area contributed by atoms with E-state index in [1.54, 1.807) is 15.5 Å². The van der Waals surface area contributed by atoms with Crippen molar-refractivity contribution in [3.8, 4) is 0 Å². The number of amides is 1. The largest absolute Gasteiger partial charge is 0.355 e. The van der Waals surface area contributed by atoms with Gasteiger partial charge in [0.2, 0.25) is 10.0 Å². The fraction of sp³-hybridized carbons (Fsp3) is 0.458. The quantitative estimate of drug-likeness (QED) is 0.455. The zero-order chi connectivity index (χ0) is 26.2. The Morgan fingerprint density at radius 1 is 1.36 bits per heavy atom. The number of aryl methyl sites for hydroxylation is 1. The van der Waals surface area contributed by atoms with Crippen molar-refractivity contribution in [1.82, 2.24) is 19.5 Å². The van der Waals surface area contributed by atoms with Crippen LogP contribution in [0, 0.1) is 6.92 Å². The van der Waals surface area contributed by atoms with Crippen molar-refractivity contribution in [2.24, 2.45) is 5.73 Å². The summed E-state index contributed by atoms with van der Waals surface area (Å²) in [6.07, 6.45) is 4.62. The number of halogens is 1. The number of carbonyl (C=O) groups excluding carboxylic acids is 1. The van der Waals surface area contributed by atoms with Crippen LogP contribution in [0.15, 0.2) is 30.5 Å². The maximum absolute atomic E-state index is 13.7. The van der Waals surface area contributed by atoms with E-state index in [0.29, 0.717) is 29.3 Å². The number of sulfonamides is 1. The van der Waals surface area contributed by atoms with Crippen LogP contribution < -0.4 is 15.4 Å². The van der Waals surface area contributed by atoms with Crippen LogP contribution in [0.2, 0.25) is 5.02 Å². The molecule has 1 aromatic carbocycles. The van der Waals surface area contributed by atoms with Gasteiger partial charge in [-0.2, -0.15) is 5.10 Å². The molecule has 0 unspecified atom stereocenters. The van der Waals surface area contributed by atoms with Crippen LogP contribution in [-0.4, -0.2) is 65.8 Å². The maximum atomic E-state index is 13.7. The first kappa shape index (κ1) is 26.2. The average Bonchev–Trinajstić information content (AvgIpc) is 3.42. The SMILES string of the molecule is CCCN(C(=O)c1cc(Cl)ccc1NS(C)(=O)=O)[C@@H](C)c1cc2nc(N3CC[C@H](N)C3)c(C)cn2n1. The first-order valence-corrected chi connectivity index (χ1v) is 14.2. The molecule has 0 bridgehead atoms. The smallest absolute Gasteiger partial charge is 0.256 e. The van der Waals surface area contributed by atoms with E-state index in [-0.39, 0.29) is 23.2 Å². The van der Waals surface area contributed by atoms with E-state index in [9.17, 15) is 13.2 Å². The number of fused-ring (bicyclic) bond motifs is 1. The van der Waals surface area contributed by atoms with Gasteiger partial charge in [0.15, 0.2) is 5.65 Å². The summed E-state index contributed by atoms with van der Waals surface area (Å²) < 4.78 is 27.9. The molecular weight excluding hydrogens is 502 g/mol. The molecule has 1 aliphatic rings. The van der Waals surface area contributed by atoms with Gasteiger partial charge in [-0.05, 0) is 44.9 Å². The van der Waals surface area contributed by atoms with Gasteiger partial charge in [0, 0.05) is 48.5 Å². The van der Waals surface area contributed by atoms with Crippen LogP contribution in [0.25, 0.3) is 5.65 Å². The van der Waals surface area contributed by atoms with Crippen LogP contribution in [0.1, 0.15) is 54.3 Å². The Balaban J connectivity index is 1.68. The lowest BCUT2D eigenvalue weighted by Crippen LogP contribution is -2.35. The van der Waals surface area contributed by atoms with Gasteiger partial charge in [-0.15, -0.1) is 0 Å². The van der Waals surface area contributed by atoms with Crippen molar-refractivity contribution in [3.63, 3.8) is 0 Å². The fourth-order valence-corrected chi connectivity index (χ4v) is 5.28. The summed E-state index contributed by atoms with van der Waals surface area (Å²) in [5.74, 6) is 0.553. The number of nitrogens with zero attached hydrogens (tertiary/aromatic N) is 5. The predicted molar refractivity (Wildman–Crippen MR) is 142 cm³/mol. The molecule has 1 fully saturated rings. The van der Waals surface area contributed by atoms with E-state index in [4.69, 9.17) is 27.4 Å². The zero-order valence-electron chi connectivity index (χ0n) is 20.9. The fourth-order valence-electron chi connectivity index (χ4n) is 4.53. The lowest BCUT2D eigenvalue weighted by Gasteiger charge is -2.28. The Bertz CT molecular complexity index is 1390. The van der Waals surface area contributed by atoms with E-state index < -0.39 is 16.1 Å². The molecule has 1 aliphatic heterocycles. The van der Waals surface area contributed by atoms with Crippen LogP contribution in [0.4, 0.5) is 11.5 Å². The van der Waals surface area contributed by atoms with E-state index >= 15 is 0 Å². The van der Waals surface area contributed by atoms with Gasteiger partial charge < -0.3 is 15.5 Å². The highest BCUT2D eigenvalue weighted by Gasteiger charge is 2.28. The summed E-state index contributed by atoms with van der Waals surface area (Å²) in [5.41, 5.74) is 8.81. The third kappa shape index (κ3) is 5.58. The second kappa shape index (κ2) is 10.2. The molecule has 4 rings (SSSR count). The highest BCUT2D eigenvalue weighted by atomic mass is 35.5. The summed E-state index contributed by atoms with van der Waals surface area (Å²) in [4.78, 5) is 22.4. The Labute approximate surface area is 216 Å². The lowest BCUT2D eigenvalue weighted by atomic mass is 10.1. The molecule has 2 atom stereocenters. The van der Waals surface area contributed by atoms with Crippen molar-refractivity contribution in [2.75, 3.05) is 35.5 Å². The first-order valence-electron chi connectivity index (χ1n) is 11.9. The summed E-state index contributed by atoms with van der Waals surface area (Å²) >= 11 is 6.17. The van der Waals surface area contributed by atoms with Gasteiger partial charge >= 0.3 is 0 Å². The van der Waals surface area contributed by atoms with Crippen molar-refractivity contribution in [3.05, 3.63) is 52.3 Å². The third-order valence-corrected chi connectivity index (χ3v) is 7.10. The lowest BCUT2D eigenvalue weighted by molar-refractivity contribution is 0.0688. The minimum absolute atomic E-state index is 0.144. The standard InChI is InChI=1S/C24H32ClN7O3S/c1-5-9-31(24(33)19-11-17(25)6-7-20(19)29-36(4,34)35)16(3)21-12-22-27-23(15(2)13-32(22)28-21)30-10-8-18(26)14-30/h6-7,11-13,16,18,29H,5,8-10,14,26H2,1-4H3/t16-,18-/m0/s1. The van der Waals surface area contributed by atoms with E-state index in [1.807, 2.05) is 33.0 Å². The molecular formula is C24H32ClN7O3S. The molecule has 0 aliphatic carbocycles. The third-order valence-electron chi connectivity index (χ3n) is 6.28. The van der Waals surface area contributed by atoms with Gasteiger partial charge in [-0.1, -0.05) is 18.5 Å². The molecule has 12 heteroatoms.